The van der Waals surface area contributed by atoms with Crippen LogP contribution < -0.4 is 5.32 Å². The molecule has 0 radical (unpaired) electrons. The van der Waals surface area contributed by atoms with Crippen LogP contribution in [0.3, 0.4) is 0 Å². The lowest BCUT2D eigenvalue weighted by Crippen LogP contribution is -2.29. The standard InChI is InChI=1S/C19H24N2O3/c22-16-6-4-15(5-7-16)10-11-20-19(23)18-9-8-17(24-18)14-21-12-2-1-3-13-21/h4-9,22H,1-3,10-14H2,(H,20,23). The Morgan fingerprint density at radius 3 is 2.58 bits per heavy atom. The summed E-state index contributed by atoms with van der Waals surface area (Å²) in [5, 5.41) is 12.1. The molecule has 2 aromatic rings. The number of phenols is 1. The van der Waals surface area contributed by atoms with Crippen LogP contribution in [0.2, 0.25) is 0 Å². The third kappa shape index (κ3) is 4.61. The number of amides is 1. The fourth-order valence-corrected chi connectivity index (χ4v) is 2.99. The maximum absolute atomic E-state index is 12.1. The molecular formula is C19H24N2O3. The van der Waals surface area contributed by atoms with E-state index in [0.717, 1.165) is 31.0 Å². The Morgan fingerprint density at radius 2 is 1.83 bits per heavy atom. The van der Waals surface area contributed by atoms with Gasteiger partial charge in [-0.05, 0) is 62.2 Å². The highest BCUT2D eigenvalue weighted by molar-refractivity contribution is 5.91. The Balaban J connectivity index is 1.45. The second kappa shape index (κ2) is 8.02. The Kier molecular flexibility index (Phi) is 5.54. The predicted molar refractivity (Wildman–Crippen MR) is 92.0 cm³/mol. The molecule has 0 saturated carbocycles. The maximum atomic E-state index is 12.1. The van der Waals surface area contributed by atoms with Gasteiger partial charge in [0.1, 0.15) is 11.5 Å². The minimum Gasteiger partial charge on any atom is -0.508 e. The molecule has 1 fully saturated rings. The van der Waals surface area contributed by atoms with Gasteiger partial charge in [-0.15, -0.1) is 0 Å². The zero-order chi connectivity index (χ0) is 16.8. The second-order valence-corrected chi connectivity index (χ2v) is 6.28. The zero-order valence-electron chi connectivity index (χ0n) is 13.8. The minimum absolute atomic E-state index is 0.182. The Hall–Kier alpha value is -2.27. The van der Waals surface area contributed by atoms with Gasteiger partial charge in [0.15, 0.2) is 5.76 Å². The van der Waals surface area contributed by atoms with E-state index in [-0.39, 0.29) is 11.7 Å². The molecule has 1 aromatic heterocycles. The lowest BCUT2D eigenvalue weighted by Gasteiger charge is -2.25. The van der Waals surface area contributed by atoms with Gasteiger partial charge in [-0.2, -0.15) is 0 Å². The summed E-state index contributed by atoms with van der Waals surface area (Å²) in [6.07, 6.45) is 4.51. The monoisotopic (exact) mass is 328 g/mol. The average Bonchev–Trinajstić information content (AvgIpc) is 3.06. The SMILES string of the molecule is O=C(NCCc1ccc(O)cc1)c1ccc(CN2CCCCC2)o1. The lowest BCUT2D eigenvalue weighted by molar-refractivity contribution is 0.0922. The Labute approximate surface area is 142 Å². The number of furan rings is 1. The van der Waals surface area contributed by atoms with Crippen molar-refractivity contribution in [2.24, 2.45) is 0 Å². The molecule has 128 valence electrons. The number of aromatic hydroxyl groups is 1. The van der Waals surface area contributed by atoms with Gasteiger partial charge in [0, 0.05) is 6.54 Å². The largest absolute Gasteiger partial charge is 0.508 e. The van der Waals surface area contributed by atoms with Crippen LogP contribution in [0.1, 0.15) is 41.1 Å². The van der Waals surface area contributed by atoms with Crippen molar-refractivity contribution >= 4 is 5.91 Å². The first-order valence-electron chi connectivity index (χ1n) is 8.58. The van der Waals surface area contributed by atoms with E-state index in [1.807, 2.05) is 18.2 Å². The fourth-order valence-electron chi connectivity index (χ4n) is 2.99. The molecule has 0 bridgehead atoms. The van der Waals surface area contributed by atoms with E-state index >= 15 is 0 Å². The Morgan fingerprint density at radius 1 is 1.08 bits per heavy atom. The first-order valence-corrected chi connectivity index (χ1v) is 8.58. The summed E-state index contributed by atoms with van der Waals surface area (Å²) in [6.45, 7) is 3.52. The summed E-state index contributed by atoms with van der Waals surface area (Å²) in [6, 6.07) is 10.6. The fraction of sp³-hybridized carbons (Fsp3) is 0.421. The van der Waals surface area contributed by atoms with E-state index in [9.17, 15) is 9.90 Å². The van der Waals surface area contributed by atoms with Crippen molar-refractivity contribution < 1.29 is 14.3 Å². The van der Waals surface area contributed by atoms with E-state index in [1.165, 1.54) is 19.3 Å². The number of rotatable bonds is 6. The topological polar surface area (TPSA) is 65.7 Å². The number of hydrogen-bond acceptors (Lipinski definition) is 4. The third-order valence-electron chi connectivity index (χ3n) is 4.35. The van der Waals surface area contributed by atoms with E-state index in [1.54, 1.807) is 18.2 Å². The summed E-state index contributed by atoms with van der Waals surface area (Å²) in [5.41, 5.74) is 1.07. The molecule has 1 aliphatic heterocycles. The molecule has 24 heavy (non-hydrogen) atoms. The lowest BCUT2D eigenvalue weighted by atomic mass is 10.1. The van der Waals surface area contributed by atoms with Gasteiger partial charge in [-0.25, -0.2) is 0 Å². The predicted octanol–water partition coefficient (Wildman–Crippen LogP) is 2.94. The molecule has 0 unspecified atom stereocenters. The van der Waals surface area contributed by atoms with Crippen molar-refractivity contribution in [2.45, 2.75) is 32.2 Å². The molecule has 2 heterocycles. The van der Waals surface area contributed by atoms with Gasteiger partial charge in [0.05, 0.1) is 6.54 Å². The van der Waals surface area contributed by atoms with Crippen molar-refractivity contribution in [2.75, 3.05) is 19.6 Å². The summed E-state index contributed by atoms with van der Waals surface area (Å²) in [7, 11) is 0. The first kappa shape index (κ1) is 16.6. The second-order valence-electron chi connectivity index (χ2n) is 6.28. The summed E-state index contributed by atoms with van der Waals surface area (Å²) in [4.78, 5) is 14.5. The molecule has 1 aliphatic rings. The van der Waals surface area contributed by atoms with E-state index in [0.29, 0.717) is 18.7 Å². The molecular weight excluding hydrogens is 304 g/mol. The van der Waals surface area contributed by atoms with Crippen LogP contribution in [0.15, 0.2) is 40.8 Å². The van der Waals surface area contributed by atoms with E-state index < -0.39 is 0 Å². The number of hydrogen-bond donors (Lipinski definition) is 2. The number of phenolic OH excluding ortho intramolecular Hbond substituents is 1. The molecule has 1 amide bonds. The molecule has 1 saturated heterocycles. The number of benzene rings is 1. The third-order valence-corrected chi connectivity index (χ3v) is 4.35. The van der Waals surface area contributed by atoms with Gasteiger partial charge in [-0.3, -0.25) is 9.69 Å². The maximum Gasteiger partial charge on any atom is 0.287 e. The average molecular weight is 328 g/mol. The van der Waals surface area contributed by atoms with Crippen molar-refractivity contribution in [3.05, 3.63) is 53.5 Å². The van der Waals surface area contributed by atoms with Crippen molar-refractivity contribution in [3.63, 3.8) is 0 Å². The normalized spacial score (nSPS) is 15.3. The van der Waals surface area contributed by atoms with Crippen molar-refractivity contribution in [3.8, 4) is 5.75 Å². The van der Waals surface area contributed by atoms with Crippen LogP contribution >= 0.6 is 0 Å². The Bertz CT molecular complexity index is 658. The molecule has 0 spiro atoms. The van der Waals surface area contributed by atoms with Gasteiger partial charge in [-0.1, -0.05) is 18.6 Å². The number of carbonyl (C=O) groups excluding carboxylic acids is 1. The van der Waals surface area contributed by atoms with Gasteiger partial charge >= 0.3 is 0 Å². The van der Waals surface area contributed by atoms with Crippen molar-refractivity contribution in [1.29, 1.82) is 0 Å². The summed E-state index contributed by atoms with van der Waals surface area (Å²) < 4.78 is 5.68. The molecule has 5 heteroatoms. The minimum atomic E-state index is -0.182. The van der Waals surface area contributed by atoms with Gasteiger partial charge < -0.3 is 14.8 Å². The first-order chi connectivity index (χ1) is 11.7. The summed E-state index contributed by atoms with van der Waals surface area (Å²) in [5.74, 6) is 1.28. The number of nitrogens with zero attached hydrogens (tertiary/aromatic N) is 1. The van der Waals surface area contributed by atoms with Crippen LogP contribution in [0.5, 0.6) is 5.75 Å². The number of nitrogens with one attached hydrogen (secondary N) is 1. The highest BCUT2D eigenvalue weighted by atomic mass is 16.4. The van der Waals surface area contributed by atoms with Crippen LogP contribution in [-0.4, -0.2) is 35.5 Å². The molecule has 1 aromatic carbocycles. The van der Waals surface area contributed by atoms with Gasteiger partial charge in [0.25, 0.3) is 5.91 Å². The van der Waals surface area contributed by atoms with Crippen LogP contribution in [0.25, 0.3) is 0 Å². The van der Waals surface area contributed by atoms with Crippen LogP contribution in [0, 0.1) is 0 Å². The molecule has 5 nitrogen and oxygen atoms in total. The highest BCUT2D eigenvalue weighted by Crippen LogP contribution is 2.15. The highest BCUT2D eigenvalue weighted by Gasteiger charge is 2.15. The summed E-state index contributed by atoms with van der Waals surface area (Å²) >= 11 is 0. The molecule has 2 N–H and O–H groups in total. The number of piperidine rings is 1. The molecule has 0 atom stereocenters. The smallest absolute Gasteiger partial charge is 0.287 e. The van der Waals surface area contributed by atoms with E-state index in [2.05, 4.69) is 10.2 Å². The van der Waals surface area contributed by atoms with Crippen LogP contribution in [0.4, 0.5) is 0 Å². The molecule has 0 aliphatic carbocycles. The number of carbonyl (C=O) groups is 1. The molecule has 3 rings (SSSR count). The quantitative estimate of drug-likeness (QED) is 0.856. The van der Waals surface area contributed by atoms with Gasteiger partial charge in [0.2, 0.25) is 0 Å². The van der Waals surface area contributed by atoms with E-state index in [4.69, 9.17) is 4.42 Å². The zero-order valence-corrected chi connectivity index (χ0v) is 13.8. The van der Waals surface area contributed by atoms with Crippen LogP contribution in [-0.2, 0) is 13.0 Å². The number of likely N-dealkylation sites (tertiary alicyclic amines) is 1. The van der Waals surface area contributed by atoms with Crippen molar-refractivity contribution in [1.82, 2.24) is 10.2 Å².